The highest BCUT2D eigenvalue weighted by Crippen LogP contribution is 2.30. The van der Waals surface area contributed by atoms with Crippen LogP contribution in [0.4, 0.5) is 14.5 Å². The van der Waals surface area contributed by atoms with Gasteiger partial charge in [0.1, 0.15) is 19.0 Å². The van der Waals surface area contributed by atoms with Crippen LogP contribution in [0.5, 0.6) is 17.2 Å². The van der Waals surface area contributed by atoms with E-state index in [2.05, 4.69) is 10.1 Å². The fraction of sp³-hybridized carbons (Fsp3) is 0.263. The van der Waals surface area contributed by atoms with E-state index in [-0.39, 0.29) is 12.2 Å². The summed E-state index contributed by atoms with van der Waals surface area (Å²) in [5, 5.41) is 2.49. The molecule has 3 rings (SSSR count). The second kappa shape index (κ2) is 9.03. The van der Waals surface area contributed by atoms with Crippen LogP contribution in [0, 0.1) is 0 Å². The molecule has 0 aliphatic carbocycles. The van der Waals surface area contributed by atoms with Gasteiger partial charge >= 0.3 is 12.6 Å². The number of carbonyl (C=O) groups excluding carboxylic acids is 2. The molecule has 28 heavy (non-hydrogen) atoms. The third-order valence-electron chi connectivity index (χ3n) is 3.68. The number of nitrogens with one attached hydrogen (secondary N) is 1. The zero-order chi connectivity index (χ0) is 19.9. The van der Waals surface area contributed by atoms with Crippen LogP contribution >= 0.6 is 0 Å². The van der Waals surface area contributed by atoms with Crippen LogP contribution in [0.15, 0.2) is 42.5 Å². The molecule has 0 saturated carbocycles. The lowest BCUT2D eigenvalue weighted by atomic mass is 10.1. The first kappa shape index (κ1) is 19.4. The average Bonchev–Trinajstić information content (AvgIpc) is 2.67. The highest BCUT2D eigenvalue weighted by molar-refractivity contribution is 5.92. The van der Waals surface area contributed by atoms with Crippen molar-refractivity contribution >= 4 is 17.6 Å². The molecule has 1 aliphatic rings. The zero-order valence-electron chi connectivity index (χ0n) is 14.7. The van der Waals surface area contributed by atoms with Crippen LogP contribution in [-0.2, 0) is 20.7 Å². The van der Waals surface area contributed by atoms with Crippen LogP contribution in [0.2, 0.25) is 0 Å². The quantitative estimate of drug-likeness (QED) is 0.729. The predicted octanol–water partition coefficient (Wildman–Crippen LogP) is 2.78. The number of esters is 1. The first-order valence-electron chi connectivity index (χ1n) is 8.38. The first-order valence-corrected chi connectivity index (χ1v) is 8.38. The van der Waals surface area contributed by atoms with Crippen LogP contribution in [0.3, 0.4) is 0 Å². The smallest absolute Gasteiger partial charge is 0.387 e. The van der Waals surface area contributed by atoms with Crippen LogP contribution in [0.25, 0.3) is 0 Å². The number of anilines is 1. The second-order valence-corrected chi connectivity index (χ2v) is 5.77. The fourth-order valence-corrected chi connectivity index (χ4v) is 2.48. The zero-order valence-corrected chi connectivity index (χ0v) is 14.7. The lowest BCUT2D eigenvalue weighted by molar-refractivity contribution is -0.146. The second-order valence-electron chi connectivity index (χ2n) is 5.77. The minimum absolute atomic E-state index is 0.0242. The van der Waals surface area contributed by atoms with E-state index in [1.807, 2.05) is 0 Å². The summed E-state index contributed by atoms with van der Waals surface area (Å²) in [6, 6.07) is 10.5. The van der Waals surface area contributed by atoms with E-state index >= 15 is 0 Å². The van der Waals surface area contributed by atoms with Crippen molar-refractivity contribution in [2.75, 3.05) is 25.1 Å². The highest BCUT2D eigenvalue weighted by Gasteiger charge is 2.14. The van der Waals surface area contributed by atoms with E-state index in [1.165, 1.54) is 24.3 Å². The Morgan fingerprint density at radius 2 is 1.75 bits per heavy atom. The molecule has 0 radical (unpaired) electrons. The molecule has 2 aromatic rings. The monoisotopic (exact) mass is 393 g/mol. The average molecular weight is 393 g/mol. The Balaban J connectivity index is 1.44. The van der Waals surface area contributed by atoms with Gasteiger partial charge in [0, 0.05) is 5.69 Å². The SMILES string of the molecule is O=C(COC(=O)Cc1ccc2c(c1)OCCO2)Nc1ccc(OC(F)F)cc1. The number of hydrogen-bond acceptors (Lipinski definition) is 6. The van der Waals surface area contributed by atoms with Crippen molar-refractivity contribution in [3.05, 3.63) is 48.0 Å². The Morgan fingerprint density at radius 3 is 2.46 bits per heavy atom. The summed E-state index contributed by atoms with van der Waals surface area (Å²) in [5.74, 6) is 0.0192. The van der Waals surface area contributed by atoms with E-state index in [0.717, 1.165) is 0 Å². The van der Waals surface area contributed by atoms with Crippen LogP contribution < -0.4 is 19.5 Å². The van der Waals surface area contributed by atoms with Crippen molar-refractivity contribution in [3.63, 3.8) is 0 Å². The van der Waals surface area contributed by atoms with E-state index < -0.39 is 25.1 Å². The summed E-state index contributed by atoms with van der Waals surface area (Å²) < 4.78 is 44.2. The van der Waals surface area contributed by atoms with Gasteiger partial charge < -0.3 is 24.3 Å². The molecule has 1 amide bonds. The largest absolute Gasteiger partial charge is 0.486 e. The summed E-state index contributed by atoms with van der Waals surface area (Å²) in [4.78, 5) is 23.8. The predicted molar refractivity (Wildman–Crippen MR) is 93.8 cm³/mol. The van der Waals surface area contributed by atoms with Gasteiger partial charge in [0.25, 0.3) is 5.91 Å². The van der Waals surface area contributed by atoms with Gasteiger partial charge in [0.15, 0.2) is 18.1 Å². The maximum atomic E-state index is 12.1. The number of rotatable bonds is 7. The van der Waals surface area contributed by atoms with Crippen molar-refractivity contribution < 1.29 is 37.3 Å². The third-order valence-corrected chi connectivity index (χ3v) is 3.68. The van der Waals surface area contributed by atoms with Gasteiger partial charge in [-0.2, -0.15) is 8.78 Å². The Hall–Kier alpha value is -3.36. The van der Waals surface area contributed by atoms with Crippen molar-refractivity contribution in [1.82, 2.24) is 0 Å². The molecular weight excluding hydrogens is 376 g/mol. The van der Waals surface area contributed by atoms with Crippen molar-refractivity contribution in [1.29, 1.82) is 0 Å². The molecule has 0 saturated heterocycles. The normalized spacial score (nSPS) is 12.4. The van der Waals surface area contributed by atoms with Gasteiger partial charge in [0.2, 0.25) is 0 Å². The molecule has 0 unspecified atom stereocenters. The molecule has 148 valence electrons. The molecule has 1 aliphatic heterocycles. The minimum Gasteiger partial charge on any atom is -0.486 e. The molecular formula is C19H17F2NO6. The Labute approximate surface area is 159 Å². The molecule has 9 heteroatoms. The molecule has 0 bridgehead atoms. The van der Waals surface area contributed by atoms with Crippen molar-refractivity contribution in [2.24, 2.45) is 0 Å². The summed E-state index contributed by atoms with van der Waals surface area (Å²) in [7, 11) is 0. The van der Waals surface area contributed by atoms with Gasteiger partial charge in [-0.25, -0.2) is 0 Å². The number of carbonyl (C=O) groups is 2. The van der Waals surface area contributed by atoms with Crippen molar-refractivity contribution in [3.8, 4) is 17.2 Å². The van der Waals surface area contributed by atoms with E-state index in [0.29, 0.717) is 36.0 Å². The van der Waals surface area contributed by atoms with Crippen molar-refractivity contribution in [2.45, 2.75) is 13.0 Å². The summed E-state index contributed by atoms with van der Waals surface area (Å²) in [6.07, 6.45) is -0.0242. The van der Waals surface area contributed by atoms with E-state index in [4.69, 9.17) is 14.2 Å². The molecule has 0 atom stereocenters. The van der Waals surface area contributed by atoms with Gasteiger partial charge in [-0.05, 0) is 42.0 Å². The minimum atomic E-state index is -2.92. The molecule has 0 fully saturated rings. The maximum Gasteiger partial charge on any atom is 0.387 e. The fourth-order valence-electron chi connectivity index (χ4n) is 2.48. The van der Waals surface area contributed by atoms with E-state index in [9.17, 15) is 18.4 Å². The molecule has 1 N–H and O–H groups in total. The van der Waals surface area contributed by atoms with Gasteiger partial charge in [-0.15, -0.1) is 0 Å². The number of benzene rings is 2. The first-order chi connectivity index (χ1) is 13.5. The topological polar surface area (TPSA) is 83.1 Å². The number of hydrogen-bond donors (Lipinski definition) is 1. The number of amides is 1. The van der Waals surface area contributed by atoms with Crippen LogP contribution in [0.1, 0.15) is 5.56 Å². The number of fused-ring (bicyclic) bond motifs is 1. The molecule has 0 spiro atoms. The molecule has 0 aromatic heterocycles. The van der Waals surface area contributed by atoms with Gasteiger partial charge in [-0.3, -0.25) is 9.59 Å². The summed E-state index contributed by atoms with van der Waals surface area (Å²) in [5.41, 5.74) is 1.03. The Morgan fingerprint density at radius 1 is 1.04 bits per heavy atom. The Bertz CT molecular complexity index is 841. The Kier molecular flexibility index (Phi) is 6.25. The van der Waals surface area contributed by atoms with Gasteiger partial charge in [-0.1, -0.05) is 6.07 Å². The number of halogens is 2. The number of alkyl halides is 2. The van der Waals surface area contributed by atoms with Gasteiger partial charge in [0.05, 0.1) is 6.42 Å². The maximum absolute atomic E-state index is 12.1. The lowest BCUT2D eigenvalue weighted by Gasteiger charge is -2.18. The third kappa shape index (κ3) is 5.57. The van der Waals surface area contributed by atoms with Crippen LogP contribution in [-0.4, -0.2) is 38.3 Å². The lowest BCUT2D eigenvalue weighted by Crippen LogP contribution is -2.21. The van der Waals surface area contributed by atoms with E-state index in [1.54, 1.807) is 18.2 Å². The summed E-state index contributed by atoms with van der Waals surface area (Å²) in [6.45, 7) is -2.48. The molecule has 1 heterocycles. The molecule has 7 nitrogen and oxygen atoms in total. The standard InChI is InChI=1S/C19H17F2NO6/c20-19(21)28-14-4-2-13(3-5-14)22-17(23)11-27-18(24)10-12-1-6-15-16(9-12)26-8-7-25-15/h1-6,9,19H,7-8,10-11H2,(H,22,23). The molecule has 2 aromatic carbocycles. The number of ether oxygens (including phenoxy) is 4. The summed E-state index contributed by atoms with van der Waals surface area (Å²) >= 11 is 0. The highest BCUT2D eigenvalue weighted by atomic mass is 19.3.